The zero-order valence-corrected chi connectivity index (χ0v) is 17.0. The fourth-order valence-electron chi connectivity index (χ4n) is 3.12. The van der Waals surface area contributed by atoms with Crippen molar-refractivity contribution in [2.24, 2.45) is 0 Å². The highest BCUT2D eigenvalue weighted by Crippen LogP contribution is 2.23. The van der Waals surface area contributed by atoms with Crippen LogP contribution in [0.2, 0.25) is 0 Å². The normalized spacial score (nSPS) is 12.0. The average molecular weight is 421 g/mol. The standard InChI is InChI=1S/C21H19N5O3S/c1-29-20(28)16(11-13-7-3-2-4-8-13)22-17(27)12-30-21-24-19-18(25-26-21)14-9-5-6-10-15(14)23-19/h2-10,16H,11-12H2,1H3,(H,22,27)(H,23,24,26)/t16-/m1/s1. The molecule has 2 N–H and O–H groups in total. The van der Waals surface area contributed by atoms with E-state index in [0.717, 1.165) is 28.2 Å². The van der Waals surface area contributed by atoms with Crippen molar-refractivity contribution in [3.05, 3.63) is 60.2 Å². The number of amides is 1. The first-order valence-corrected chi connectivity index (χ1v) is 10.3. The monoisotopic (exact) mass is 421 g/mol. The van der Waals surface area contributed by atoms with E-state index in [-0.39, 0.29) is 11.7 Å². The Labute approximate surface area is 176 Å². The lowest BCUT2D eigenvalue weighted by Crippen LogP contribution is -2.43. The highest BCUT2D eigenvalue weighted by Gasteiger charge is 2.22. The number of thioether (sulfide) groups is 1. The van der Waals surface area contributed by atoms with E-state index >= 15 is 0 Å². The van der Waals surface area contributed by atoms with Gasteiger partial charge in [-0.05, 0) is 11.6 Å². The molecular formula is C21H19N5O3S. The Morgan fingerprint density at radius 3 is 2.67 bits per heavy atom. The molecule has 2 heterocycles. The molecule has 0 aliphatic carbocycles. The summed E-state index contributed by atoms with van der Waals surface area (Å²) in [5, 5.41) is 12.4. The lowest BCUT2D eigenvalue weighted by atomic mass is 10.1. The van der Waals surface area contributed by atoms with Crippen molar-refractivity contribution < 1.29 is 14.3 Å². The summed E-state index contributed by atoms with van der Waals surface area (Å²) >= 11 is 1.15. The van der Waals surface area contributed by atoms with Crippen molar-refractivity contribution in [1.29, 1.82) is 0 Å². The van der Waals surface area contributed by atoms with Crippen LogP contribution in [0.15, 0.2) is 59.8 Å². The van der Waals surface area contributed by atoms with E-state index in [0.29, 0.717) is 22.7 Å². The Kier molecular flexibility index (Phi) is 5.89. The average Bonchev–Trinajstić information content (AvgIpc) is 3.15. The Hall–Kier alpha value is -3.46. The van der Waals surface area contributed by atoms with Gasteiger partial charge in [0.25, 0.3) is 0 Å². The maximum Gasteiger partial charge on any atom is 0.328 e. The number of hydrogen-bond donors (Lipinski definition) is 2. The zero-order valence-electron chi connectivity index (χ0n) is 16.2. The van der Waals surface area contributed by atoms with Gasteiger partial charge >= 0.3 is 5.97 Å². The predicted molar refractivity (Wildman–Crippen MR) is 114 cm³/mol. The Balaban J connectivity index is 1.41. The molecule has 9 heteroatoms. The van der Waals surface area contributed by atoms with E-state index in [1.54, 1.807) is 0 Å². The van der Waals surface area contributed by atoms with Crippen molar-refractivity contribution in [3.8, 4) is 0 Å². The quantitative estimate of drug-likeness (QED) is 0.348. The Morgan fingerprint density at radius 2 is 1.87 bits per heavy atom. The number of ether oxygens (including phenoxy) is 1. The van der Waals surface area contributed by atoms with Crippen molar-refractivity contribution in [1.82, 2.24) is 25.5 Å². The number of nitrogens with zero attached hydrogens (tertiary/aromatic N) is 3. The Bertz CT molecular complexity index is 1200. The topological polar surface area (TPSA) is 110 Å². The van der Waals surface area contributed by atoms with Gasteiger partial charge in [0, 0.05) is 17.3 Å². The molecule has 0 unspecified atom stereocenters. The minimum atomic E-state index is -0.763. The fraction of sp³-hybridized carbons (Fsp3) is 0.190. The molecule has 1 amide bonds. The van der Waals surface area contributed by atoms with Crippen molar-refractivity contribution in [2.45, 2.75) is 17.6 Å². The zero-order chi connectivity index (χ0) is 20.9. The number of aromatic amines is 1. The number of methoxy groups -OCH3 is 1. The molecule has 0 saturated carbocycles. The summed E-state index contributed by atoms with van der Waals surface area (Å²) < 4.78 is 4.83. The fourth-order valence-corrected chi connectivity index (χ4v) is 3.72. The summed E-state index contributed by atoms with van der Waals surface area (Å²) in [7, 11) is 1.30. The highest BCUT2D eigenvalue weighted by molar-refractivity contribution is 7.99. The van der Waals surface area contributed by atoms with Crippen LogP contribution in [-0.2, 0) is 20.7 Å². The van der Waals surface area contributed by atoms with E-state index in [1.807, 2.05) is 54.6 Å². The van der Waals surface area contributed by atoms with Gasteiger partial charge in [-0.25, -0.2) is 9.78 Å². The number of rotatable bonds is 7. The smallest absolute Gasteiger partial charge is 0.328 e. The molecule has 0 radical (unpaired) electrons. The maximum atomic E-state index is 12.4. The molecule has 4 rings (SSSR count). The molecule has 8 nitrogen and oxygen atoms in total. The minimum Gasteiger partial charge on any atom is -0.467 e. The van der Waals surface area contributed by atoms with Crippen LogP contribution in [0.3, 0.4) is 0 Å². The van der Waals surface area contributed by atoms with Gasteiger partial charge in [0.2, 0.25) is 11.1 Å². The molecule has 0 aliphatic heterocycles. The minimum absolute atomic E-state index is 0.0513. The number of nitrogens with one attached hydrogen (secondary N) is 2. The number of benzene rings is 2. The third-order valence-corrected chi connectivity index (χ3v) is 5.38. The second-order valence-electron chi connectivity index (χ2n) is 6.58. The number of H-pyrrole nitrogens is 1. The van der Waals surface area contributed by atoms with Gasteiger partial charge in [-0.3, -0.25) is 4.79 Å². The molecule has 0 aliphatic rings. The van der Waals surface area contributed by atoms with Gasteiger partial charge < -0.3 is 15.0 Å². The SMILES string of the molecule is COC(=O)[C@@H](Cc1ccccc1)NC(=O)CSc1nnc2c(n1)[nH]c1ccccc12. The van der Waals surface area contributed by atoms with Gasteiger partial charge in [-0.15, -0.1) is 10.2 Å². The number of fused-ring (bicyclic) bond motifs is 3. The second kappa shape index (κ2) is 8.91. The van der Waals surface area contributed by atoms with Gasteiger partial charge in [0.05, 0.1) is 12.9 Å². The van der Waals surface area contributed by atoms with Gasteiger partial charge in [0.15, 0.2) is 5.65 Å². The van der Waals surface area contributed by atoms with E-state index in [9.17, 15) is 9.59 Å². The van der Waals surface area contributed by atoms with Crippen molar-refractivity contribution in [2.75, 3.05) is 12.9 Å². The molecule has 0 fully saturated rings. The molecule has 30 heavy (non-hydrogen) atoms. The molecule has 4 aromatic rings. The molecular weight excluding hydrogens is 402 g/mol. The lowest BCUT2D eigenvalue weighted by Gasteiger charge is -2.16. The number of hydrogen-bond acceptors (Lipinski definition) is 7. The molecule has 0 bridgehead atoms. The first kappa shape index (κ1) is 19.8. The number of carbonyl (C=O) groups excluding carboxylic acids is 2. The molecule has 152 valence electrons. The third kappa shape index (κ3) is 4.41. The first-order valence-electron chi connectivity index (χ1n) is 9.29. The molecule has 0 saturated heterocycles. The number of carbonyl (C=O) groups is 2. The predicted octanol–water partition coefficient (Wildman–Crippen LogP) is 2.50. The van der Waals surface area contributed by atoms with E-state index in [4.69, 9.17) is 4.74 Å². The van der Waals surface area contributed by atoms with E-state index in [2.05, 4.69) is 25.5 Å². The van der Waals surface area contributed by atoms with E-state index in [1.165, 1.54) is 7.11 Å². The summed E-state index contributed by atoms with van der Waals surface area (Å²) in [5.74, 6) is -0.753. The number of para-hydroxylation sites is 1. The van der Waals surface area contributed by atoms with Crippen LogP contribution in [0, 0.1) is 0 Å². The molecule has 0 spiro atoms. The summed E-state index contributed by atoms with van der Waals surface area (Å²) in [4.78, 5) is 32.1. The van der Waals surface area contributed by atoms with E-state index < -0.39 is 12.0 Å². The molecule has 2 aromatic heterocycles. The summed E-state index contributed by atoms with van der Waals surface area (Å²) in [6, 6.07) is 16.4. The summed E-state index contributed by atoms with van der Waals surface area (Å²) in [5.41, 5.74) is 3.16. The Morgan fingerprint density at radius 1 is 1.10 bits per heavy atom. The molecule has 1 atom stereocenters. The number of aromatic nitrogens is 4. The maximum absolute atomic E-state index is 12.4. The highest BCUT2D eigenvalue weighted by atomic mass is 32.2. The van der Waals surface area contributed by atoms with Gasteiger partial charge in [0.1, 0.15) is 11.6 Å². The van der Waals surface area contributed by atoms with Crippen LogP contribution in [-0.4, -0.2) is 50.9 Å². The summed E-state index contributed by atoms with van der Waals surface area (Å²) in [6.45, 7) is 0. The van der Waals surface area contributed by atoms with Crippen LogP contribution in [0.25, 0.3) is 22.1 Å². The van der Waals surface area contributed by atoms with Crippen molar-refractivity contribution in [3.63, 3.8) is 0 Å². The number of esters is 1. The lowest BCUT2D eigenvalue weighted by molar-refractivity contribution is -0.144. The van der Waals surface area contributed by atoms with Crippen LogP contribution >= 0.6 is 11.8 Å². The molecule has 2 aromatic carbocycles. The third-order valence-electron chi connectivity index (χ3n) is 4.54. The second-order valence-corrected chi connectivity index (χ2v) is 7.53. The summed E-state index contributed by atoms with van der Waals surface area (Å²) in [6.07, 6.45) is 0.350. The van der Waals surface area contributed by atoms with Gasteiger partial charge in [-0.1, -0.05) is 60.3 Å². The van der Waals surface area contributed by atoms with Crippen LogP contribution in [0.4, 0.5) is 0 Å². The van der Waals surface area contributed by atoms with Crippen molar-refractivity contribution >= 4 is 45.7 Å². The largest absolute Gasteiger partial charge is 0.467 e. The van der Waals surface area contributed by atoms with Crippen LogP contribution in [0.5, 0.6) is 0 Å². The van der Waals surface area contributed by atoms with Gasteiger partial charge in [-0.2, -0.15) is 0 Å². The van der Waals surface area contributed by atoms with Crippen LogP contribution < -0.4 is 5.32 Å². The first-order chi connectivity index (χ1) is 14.6. The van der Waals surface area contributed by atoms with Crippen LogP contribution in [0.1, 0.15) is 5.56 Å².